The van der Waals surface area contributed by atoms with E-state index in [1.807, 2.05) is 0 Å². The van der Waals surface area contributed by atoms with Gasteiger partial charge in [-0.2, -0.15) is 0 Å². The lowest BCUT2D eigenvalue weighted by Gasteiger charge is -2.31. The average Bonchev–Trinajstić information content (AvgIpc) is 2.78. The lowest BCUT2D eigenvalue weighted by molar-refractivity contribution is 0.246. The smallest absolute Gasteiger partial charge is 0.0118 e. The van der Waals surface area contributed by atoms with E-state index < -0.39 is 0 Å². The van der Waals surface area contributed by atoms with E-state index in [0.717, 1.165) is 12.0 Å². The van der Waals surface area contributed by atoms with Crippen LogP contribution in [0.5, 0.6) is 0 Å². The van der Waals surface area contributed by atoms with E-state index in [1.165, 1.54) is 32.2 Å². The van der Waals surface area contributed by atoms with Gasteiger partial charge in [0.05, 0.1) is 0 Å². The van der Waals surface area contributed by atoms with Crippen molar-refractivity contribution < 1.29 is 0 Å². The molecule has 1 rings (SSSR count). The number of hydrogen-bond donors (Lipinski definition) is 1. The number of hydrogen-bond acceptors (Lipinski definition) is 1. The summed E-state index contributed by atoms with van der Waals surface area (Å²) in [7, 11) is 0. The van der Waals surface area contributed by atoms with E-state index >= 15 is 0 Å². The molecule has 78 valence electrons. The van der Waals surface area contributed by atoms with E-state index in [2.05, 4.69) is 33.0 Å². The minimum Gasteiger partial charge on any atom is -0.313 e. The minimum atomic E-state index is 0.428. The third-order valence-corrected chi connectivity index (χ3v) is 2.95. The topological polar surface area (TPSA) is 12.0 Å². The molecule has 0 spiro atoms. The molecular weight excluding hydrogens is 158 g/mol. The second kappa shape index (κ2) is 4.45. The Morgan fingerprint density at radius 2 is 1.92 bits per heavy atom. The maximum Gasteiger partial charge on any atom is 0.0118 e. The van der Waals surface area contributed by atoms with Crippen LogP contribution in [0, 0.1) is 11.3 Å². The van der Waals surface area contributed by atoms with E-state index in [1.54, 1.807) is 0 Å². The molecule has 1 atom stereocenters. The van der Waals surface area contributed by atoms with E-state index in [-0.39, 0.29) is 0 Å². The van der Waals surface area contributed by atoms with Crippen molar-refractivity contribution in [1.29, 1.82) is 0 Å². The fourth-order valence-corrected chi connectivity index (χ4v) is 1.75. The summed E-state index contributed by atoms with van der Waals surface area (Å²) in [5.41, 5.74) is 0.428. The number of rotatable bonds is 5. The van der Waals surface area contributed by atoms with Crippen LogP contribution in [0.15, 0.2) is 0 Å². The van der Waals surface area contributed by atoms with Gasteiger partial charge in [0, 0.05) is 6.04 Å². The van der Waals surface area contributed by atoms with Crippen LogP contribution in [0.25, 0.3) is 0 Å². The van der Waals surface area contributed by atoms with Crippen molar-refractivity contribution in [3.05, 3.63) is 0 Å². The molecule has 1 nitrogen and oxygen atoms in total. The Bertz CT molecular complexity index is 142. The summed E-state index contributed by atoms with van der Waals surface area (Å²) in [5.74, 6) is 1.04. The summed E-state index contributed by atoms with van der Waals surface area (Å²) in [6.45, 7) is 10.5. The Morgan fingerprint density at radius 1 is 1.31 bits per heavy atom. The van der Waals surface area contributed by atoms with Gasteiger partial charge in [0.25, 0.3) is 0 Å². The van der Waals surface area contributed by atoms with Crippen molar-refractivity contribution in [1.82, 2.24) is 5.32 Å². The zero-order valence-electron chi connectivity index (χ0n) is 9.69. The maximum atomic E-state index is 3.68. The summed E-state index contributed by atoms with van der Waals surface area (Å²) in [5, 5.41) is 3.68. The lowest BCUT2D eigenvalue weighted by atomic mass is 9.83. The first-order valence-electron chi connectivity index (χ1n) is 5.77. The van der Waals surface area contributed by atoms with Gasteiger partial charge in [-0.3, -0.25) is 0 Å². The van der Waals surface area contributed by atoms with Gasteiger partial charge < -0.3 is 5.32 Å². The molecule has 0 aromatic carbocycles. The Balaban J connectivity index is 2.32. The van der Waals surface area contributed by atoms with Gasteiger partial charge >= 0.3 is 0 Å². The molecule has 1 aliphatic rings. The first-order valence-corrected chi connectivity index (χ1v) is 5.77. The molecule has 0 saturated heterocycles. The van der Waals surface area contributed by atoms with Gasteiger partial charge in [-0.15, -0.1) is 0 Å². The molecule has 0 aliphatic heterocycles. The SMILES string of the molecule is CCCNC(CC1CC1)C(C)(C)C. The molecule has 1 unspecified atom stereocenters. The lowest BCUT2D eigenvalue weighted by Crippen LogP contribution is -2.41. The van der Waals surface area contributed by atoms with Crippen LogP contribution in [0.3, 0.4) is 0 Å². The van der Waals surface area contributed by atoms with Crippen LogP contribution in [-0.4, -0.2) is 12.6 Å². The molecule has 0 aromatic rings. The fourth-order valence-electron chi connectivity index (χ4n) is 1.75. The third kappa shape index (κ3) is 4.12. The monoisotopic (exact) mass is 183 g/mol. The molecular formula is C12H25N. The van der Waals surface area contributed by atoms with Crippen LogP contribution < -0.4 is 5.32 Å². The Morgan fingerprint density at radius 3 is 2.31 bits per heavy atom. The predicted molar refractivity (Wildman–Crippen MR) is 58.9 cm³/mol. The van der Waals surface area contributed by atoms with Gasteiger partial charge in [-0.1, -0.05) is 40.5 Å². The van der Waals surface area contributed by atoms with E-state index in [0.29, 0.717) is 5.41 Å². The molecule has 1 heteroatoms. The first-order chi connectivity index (χ1) is 6.04. The summed E-state index contributed by atoms with van der Waals surface area (Å²) >= 11 is 0. The van der Waals surface area contributed by atoms with Crippen LogP contribution in [0.4, 0.5) is 0 Å². The van der Waals surface area contributed by atoms with Crippen LogP contribution in [-0.2, 0) is 0 Å². The second-order valence-corrected chi connectivity index (χ2v) is 5.55. The highest BCUT2D eigenvalue weighted by atomic mass is 14.9. The molecule has 0 amide bonds. The van der Waals surface area contributed by atoms with Gasteiger partial charge in [-0.25, -0.2) is 0 Å². The van der Waals surface area contributed by atoms with Crippen molar-refractivity contribution in [2.24, 2.45) is 11.3 Å². The van der Waals surface area contributed by atoms with Gasteiger partial charge in [0.1, 0.15) is 0 Å². The summed E-state index contributed by atoms with van der Waals surface area (Å²) in [4.78, 5) is 0. The minimum absolute atomic E-state index is 0.428. The average molecular weight is 183 g/mol. The Hall–Kier alpha value is -0.0400. The summed E-state index contributed by atoms with van der Waals surface area (Å²) in [6, 6.07) is 0.722. The second-order valence-electron chi connectivity index (χ2n) is 5.55. The molecule has 1 saturated carbocycles. The zero-order valence-corrected chi connectivity index (χ0v) is 9.69. The molecule has 1 aliphatic carbocycles. The molecule has 1 N–H and O–H groups in total. The third-order valence-electron chi connectivity index (χ3n) is 2.95. The van der Waals surface area contributed by atoms with Crippen LogP contribution >= 0.6 is 0 Å². The van der Waals surface area contributed by atoms with Crippen LogP contribution in [0.2, 0.25) is 0 Å². The van der Waals surface area contributed by atoms with Gasteiger partial charge in [-0.05, 0) is 30.7 Å². The predicted octanol–water partition coefficient (Wildman–Crippen LogP) is 3.20. The molecule has 0 heterocycles. The van der Waals surface area contributed by atoms with Gasteiger partial charge in [0.15, 0.2) is 0 Å². The molecule has 13 heavy (non-hydrogen) atoms. The van der Waals surface area contributed by atoms with Crippen molar-refractivity contribution in [3.63, 3.8) is 0 Å². The van der Waals surface area contributed by atoms with Crippen molar-refractivity contribution in [3.8, 4) is 0 Å². The maximum absolute atomic E-state index is 3.68. The number of nitrogens with one attached hydrogen (secondary N) is 1. The van der Waals surface area contributed by atoms with Gasteiger partial charge in [0.2, 0.25) is 0 Å². The standard InChI is InChI=1S/C12H25N/c1-5-8-13-11(12(2,3)4)9-10-6-7-10/h10-11,13H,5-9H2,1-4H3. The molecule has 0 radical (unpaired) electrons. The van der Waals surface area contributed by atoms with Crippen molar-refractivity contribution >= 4 is 0 Å². The fraction of sp³-hybridized carbons (Fsp3) is 1.00. The van der Waals surface area contributed by atoms with Crippen molar-refractivity contribution in [2.45, 2.75) is 59.4 Å². The quantitative estimate of drug-likeness (QED) is 0.690. The van der Waals surface area contributed by atoms with E-state index in [9.17, 15) is 0 Å². The van der Waals surface area contributed by atoms with Crippen molar-refractivity contribution in [2.75, 3.05) is 6.54 Å². The first kappa shape index (κ1) is 11.0. The molecule has 0 bridgehead atoms. The van der Waals surface area contributed by atoms with Crippen LogP contribution in [0.1, 0.15) is 53.4 Å². The summed E-state index contributed by atoms with van der Waals surface area (Å²) in [6.07, 6.45) is 5.58. The Kier molecular flexibility index (Phi) is 3.78. The largest absolute Gasteiger partial charge is 0.313 e. The highest BCUT2D eigenvalue weighted by Gasteiger charge is 2.31. The normalized spacial score (nSPS) is 20.3. The zero-order chi connectivity index (χ0) is 9.90. The Labute approximate surface area is 83.3 Å². The highest BCUT2D eigenvalue weighted by Crippen LogP contribution is 2.37. The molecule has 1 fully saturated rings. The highest BCUT2D eigenvalue weighted by molar-refractivity contribution is 4.86. The summed E-state index contributed by atoms with van der Waals surface area (Å²) < 4.78 is 0. The molecule has 0 aromatic heterocycles. The van der Waals surface area contributed by atoms with E-state index in [4.69, 9.17) is 0 Å².